The fraction of sp³-hybridized carbons (Fsp3) is 0.361. The maximum absolute atomic E-state index is 14.5. The summed E-state index contributed by atoms with van der Waals surface area (Å²) in [5.74, 6) is -0.404. The lowest BCUT2D eigenvalue weighted by Gasteiger charge is -2.36. The molecule has 8 heteroatoms. The van der Waals surface area contributed by atoms with Gasteiger partial charge in [0.2, 0.25) is 0 Å². The number of unbranched alkanes of at least 4 members (excludes halogenated alkanes) is 2. The van der Waals surface area contributed by atoms with Crippen LogP contribution in [0, 0.1) is 6.92 Å². The Morgan fingerprint density at radius 2 is 1.59 bits per heavy atom. The number of aromatic nitrogens is 2. The third-order valence-corrected chi connectivity index (χ3v) is 8.94. The van der Waals surface area contributed by atoms with E-state index in [4.69, 9.17) is 16.7 Å². The van der Waals surface area contributed by atoms with E-state index in [0.717, 1.165) is 47.9 Å². The fourth-order valence-corrected chi connectivity index (χ4v) is 6.06. The molecule has 1 atom stereocenters. The van der Waals surface area contributed by atoms with Crippen LogP contribution in [0.25, 0.3) is 16.8 Å². The number of fused-ring (bicyclic) bond motifs is 1. The number of carbonyl (C=O) groups is 2. The zero-order valence-corrected chi connectivity index (χ0v) is 26.6. The largest absolute Gasteiger partial charge is 0.394 e. The summed E-state index contributed by atoms with van der Waals surface area (Å²) in [6.07, 6.45) is 4.33. The first-order valence-electron chi connectivity index (χ1n) is 15.6. The molecule has 7 nitrogen and oxygen atoms in total. The molecule has 230 valence electrons. The lowest BCUT2D eigenvalue weighted by molar-refractivity contribution is 0.0544. The Morgan fingerprint density at radius 1 is 0.932 bits per heavy atom. The summed E-state index contributed by atoms with van der Waals surface area (Å²) in [6.45, 7) is 7.56. The molecule has 4 aromatic rings. The third kappa shape index (κ3) is 6.44. The Balaban J connectivity index is 1.60. The molecule has 0 spiro atoms. The number of hydrogen-bond donors (Lipinski definition) is 1. The Bertz CT molecular complexity index is 1610. The summed E-state index contributed by atoms with van der Waals surface area (Å²) in [5, 5.41) is 15.4. The number of halogens is 1. The maximum Gasteiger partial charge on any atom is 0.275 e. The molecule has 1 aliphatic rings. The van der Waals surface area contributed by atoms with Crippen LogP contribution in [0.15, 0.2) is 72.8 Å². The van der Waals surface area contributed by atoms with E-state index in [-0.39, 0.29) is 30.2 Å². The molecule has 1 aliphatic heterocycles. The summed E-state index contributed by atoms with van der Waals surface area (Å²) in [7, 11) is 0. The molecule has 0 aliphatic carbocycles. The van der Waals surface area contributed by atoms with Gasteiger partial charge in [-0.1, -0.05) is 99.0 Å². The summed E-state index contributed by atoms with van der Waals surface area (Å²) < 4.78 is 1.63. The minimum Gasteiger partial charge on any atom is -0.394 e. The minimum atomic E-state index is -0.365. The highest BCUT2D eigenvalue weighted by Gasteiger charge is 2.33. The van der Waals surface area contributed by atoms with Gasteiger partial charge in [-0.05, 0) is 60.6 Å². The number of aliphatic hydroxyl groups excluding tert-OH is 1. The summed E-state index contributed by atoms with van der Waals surface area (Å²) >= 11 is 6.82. The van der Waals surface area contributed by atoms with Gasteiger partial charge in [-0.3, -0.25) is 9.59 Å². The number of aliphatic hydroxyl groups is 1. The summed E-state index contributed by atoms with van der Waals surface area (Å²) in [5.41, 5.74) is 5.82. The second kappa shape index (κ2) is 14.2. The number of nitrogens with zero attached hydrogens (tertiary/aromatic N) is 4. The molecule has 44 heavy (non-hydrogen) atoms. The van der Waals surface area contributed by atoms with Crippen molar-refractivity contribution in [1.29, 1.82) is 0 Å². The lowest BCUT2D eigenvalue weighted by atomic mass is 9.93. The van der Waals surface area contributed by atoms with Crippen LogP contribution in [-0.2, 0) is 13.0 Å². The van der Waals surface area contributed by atoms with Crippen LogP contribution in [0.4, 0.5) is 0 Å². The topological polar surface area (TPSA) is 78.7 Å². The quantitative estimate of drug-likeness (QED) is 0.196. The molecule has 0 saturated heterocycles. The molecule has 2 heterocycles. The number of amides is 2. The standard InChI is InChI=1S/C36H41ClN4O3/c1-4-6-19-39(20-7-5-2)36(44)34-33(37)25(3)41(38-34)32-18-17-28(26-13-9-8-10-14-26)22-31(32)35(43)40-23-29-16-12-11-15-27(29)21-30(40)24-42/h8-18,22,30,42H,4-7,19-21,23-24H2,1-3H3/t30-/m0/s1. The second-order valence-electron chi connectivity index (χ2n) is 11.5. The molecule has 0 unspecified atom stereocenters. The van der Waals surface area contributed by atoms with Gasteiger partial charge in [-0.25, -0.2) is 4.68 Å². The lowest BCUT2D eigenvalue weighted by Crippen LogP contribution is -2.46. The highest BCUT2D eigenvalue weighted by Crippen LogP contribution is 2.32. The van der Waals surface area contributed by atoms with Crippen molar-refractivity contribution in [3.8, 4) is 16.8 Å². The number of carbonyl (C=O) groups excluding carboxylic acids is 2. The van der Waals surface area contributed by atoms with E-state index >= 15 is 0 Å². The monoisotopic (exact) mass is 612 g/mol. The van der Waals surface area contributed by atoms with Crippen LogP contribution in [-0.4, -0.2) is 62.2 Å². The van der Waals surface area contributed by atoms with Crippen molar-refractivity contribution in [2.75, 3.05) is 19.7 Å². The summed E-state index contributed by atoms with van der Waals surface area (Å²) in [6, 6.07) is 23.3. The van der Waals surface area contributed by atoms with Crippen LogP contribution in [0.5, 0.6) is 0 Å². The number of hydrogen-bond acceptors (Lipinski definition) is 4. The maximum atomic E-state index is 14.5. The Hall–Kier alpha value is -3.94. The van der Waals surface area contributed by atoms with E-state index in [9.17, 15) is 14.7 Å². The smallest absolute Gasteiger partial charge is 0.275 e. The van der Waals surface area contributed by atoms with Gasteiger partial charge in [0, 0.05) is 19.6 Å². The van der Waals surface area contributed by atoms with Crippen molar-refractivity contribution in [3.05, 3.63) is 106 Å². The van der Waals surface area contributed by atoms with E-state index in [1.54, 1.807) is 9.58 Å². The molecule has 0 radical (unpaired) electrons. The van der Waals surface area contributed by atoms with Crippen LogP contribution in [0.2, 0.25) is 5.02 Å². The van der Waals surface area contributed by atoms with Gasteiger partial charge in [-0.15, -0.1) is 0 Å². The molecule has 3 aromatic carbocycles. The fourth-order valence-electron chi connectivity index (χ4n) is 5.86. The Morgan fingerprint density at radius 3 is 2.25 bits per heavy atom. The van der Waals surface area contributed by atoms with Gasteiger partial charge >= 0.3 is 0 Å². The van der Waals surface area contributed by atoms with Gasteiger partial charge in [-0.2, -0.15) is 5.10 Å². The molecule has 5 rings (SSSR count). The van der Waals surface area contributed by atoms with E-state index in [2.05, 4.69) is 19.9 Å². The van der Waals surface area contributed by atoms with Crippen molar-refractivity contribution in [3.63, 3.8) is 0 Å². The normalized spacial score (nSPS) is 14.4. The van der Waals surface area contributed by atoms with E-state index < -0.39 is 0 Å². The highest BCUT2D eigenvalue weighted by atomic mass is 35.5. The second-order valence-corrected chi connectivity index (χ2v) is 11.9. The van der Waals surface area contributed by atoms with Gasteiger partial charge in [0.15, 0.2) is 5.69 Å². The first-order valence-corrected chi connectivity index (χ1v) is 16.0. The SMILES string of the molecule is CCCCN(CCCC)C(=O)c1nn(-c2ccc(-c3ccccc3)cc2C(=O)N2Cc3ccccc3C[C@H]2CO)c(C)c1Cl. The van der Waals surface area contributed by atoms with Crippen molar-refractivity contribution < 1.29 is 14.7 Å². The van der Waals surface area contributed by atoms with E-state index in [1.165, 1.54) is 0 Å². The van der Waals surface area contributed by atoms with Gasteiger partial charge in [0.1, 0.15) is 0 Å². The molecule has 0 fully saturated rings. The van der Waals surface area contributed by atoms with Crippen molar-refractivity contribution in [1.82, 2.24) is 19.6 Å². The van der Waals surface area contributed by atoms with Gasteiger partial charge < -0.3 is 14.9 Å². The van der Waals surface area contributed by atoms with E-state index in [0.29, 0.717) is 48.0 Å². The molecule has 2 amide bonds. The minimum absolute atomic E-state index is 0.148. The average Bonchev–Trinajstić information content (AvgIpc) is 3.36. The zero-order valence-electron chi connectivity index (χ0n) is 25.8. The molecule has 0 bridgehead atoms. The third-order valence-electron chi connectivity index (χ3n) is 8.49. The van der Waals surface area contributed by atoms with Crippen molar-refractivity contribution >= 4 is 23.4 Å². The molecular weight excluding hydrogens is 572 g/mol. The van der Waals surface area contributed by atoms with Crippen LogP contribution in [0.1, 0.15) is 77.2 Å². The molecular formula is C36H41ClN4O3. The summed E-state index contributed by atoms with van der Waals surface area (Å²) in [4.78, 5) is 31.8. The van der Waals surface area contributed by atoms with Gasteiger partial charge in [0.25, 0.3) is 11.8 Å². The van der Waals surface area contributed by atoms with Crippen LogP contribution < -0.4 is 0 Å². The molecule has 1 N–H and O–H groups in total. The molecule has 1 aromatic heterocycles. The number of rotatable bonds is 11. The van der Waals surface area contributed by atoms with Crippen molar-refractivity contribution in [2.45, 2.75) is 65.5 Å². The number of benzene rings is 3. The van der Waals surface area contributed by atoms with E-state index in [1.807, 2.05) is 78.6 Å². The predicted octanol–water partition coefficient (Wildman–Crippen LogP) is 7.10. The van der Waals surface area contributed by atoms with Gasteiger partial charge in [0.05, 0.1) is 34.6 Å². The molecule has 0 saturated carbocycles. The van der Waals surface area contributed by atoms with Crippen molar-refractivity contribution in [2.24, 2.45) is 0 Å². The first kappa shape index (κ1) is 31.5. The zero-order chi connectivity index (χ0) is 31.2. The highest BCUT2D eigenvalue weighted by molar-refractivity contribution is 6.34. The Kier molecular flexibility index (Phi) is 10.2. The Labute approximate surface area is 265 Å². The first-order chi connectivity index (χ1) is 21.4. The van der Waals surface area contributed by atoms with Crippen LogP contribution in [0.3, 0.4) is 0 Å². The average molecular weight is 613 g/mol. The predicted molar refractivity (Wildman–Crippen MR) is 175 cm³/mol. The van der Waals surface area contributed by atoms with Crippen LogP contribution >= 0.6 is 11.6 Å².